The minimum absolute atomic E-state index is 0.0469. The quantitative estimate of drug-likeness (QED) is 0.480. The molecule has 0 aromatic carbocycles. The van der Waals surface area contributed by atoms with E-state index in [-0.39, 0.29) is 5.91 Å². The Labute approximate surface area is 75.9 Å². The number of rotatable bonds is 2. The molecule has 0 bridgehead atoms. The Morgan fingerprint density at radius 1 is 1.46 bits per heavy atom. The summed E-state index contributed by atoms with van der Waals surface area (Å²) in [7, 11) is 0. The third-order valence-electron chi connectivity index (χ3n) is 1.74. The molecule has 0 unspecified atom stereocenters. The highest BCUT2D eigenvalue weighted by Gasteiger charge is 2.21. The molecule has 0 aliphatic carbocycles. The van der Waals surface area contributed by atoms with Crippen molar-refractivity contribution in [3.05, 3.63) is 30.4 Å². The maximum absolute atomic E-state index is 11.2. The summed E-state index contributed by atoms with van der Waals surface area (Å²) in [6.07, 6.45) is 8.02. The smallest absolute Gasteiger partial charge is 0.246 e. The molecule has 1 aliphatic rings. The predicted octanol–water partition coefficient (Wildman–Crippen LogP) is 0.332. The van der Waals surface area contributed by atoms with E-state index in [1.807, 2.05) is 0 Å². The van der Waals surface area contributed by atoms with Gasteiger partial charge in [0.2, 0.25) is 5.91 Å². The number of carbonyl (C=O) groups excluding carboxylic acids is 1. The molecule has 1 saturated heterocycles. The topological polar surface area (TPSA) is 45.9 Å². The lowest BCUT2D eigenvalue weighted by Crippen LogP contribution is -2.05. The predicted molar refractivity (Wildman–Crippen MR) is 47.6 cm³/mol. The summed E-state index contributed by atoms with van der Waals surface area (Å²) < 4.78 is 0. The van der Waals surface area contributed by atoms with Gasteiger partial charge in [-0.25, -0.2) is 0 Å². The van der Waals surface area contributed by atoms with Crippen molar-refractivity contribution in [1.82, 2.24) is 14.9 Å². The lowest BCUT2D eigenvalue weighted by molar-refractivity contribution is -0.120. The van der Waals surface area contributed by atoms with E-state index >= 15 is 0 Å². The van der Waals surface area contributed by atoms with Gasteiger partial charge in [-0.15, -0.1) is 0 Å². The Kier molecular flexibility index (Phi) is 2.04. The fourth-order valence-electron chi connectivity index (χ4n) is 0.929. The summed E-state index contributed by atoms with van der Waals surface area (Å²) in [6, 6.07) is 0. The summed E-state index contributed by atoms with van der Waals surface area (Å²) in [6.45, 7) is 1.76. The number of hydrogen-bond donors (Lipinski definition) is 0. The molecule has 1 aliphatic heterocycles. The van der Waals surface area contributed by atoms with Gasteiger partial charge < -0.3 is 4.90 Å². The highest BCUT2D eigenvalue weighted by molar-refractivity contribution is 5.92. The number of nitrogens with zero attached hydrogens (tertiary/aromatic N) is 3. The van der Waals surface area contributed by atoms with E-state index in [0.29, 0.717) is 5.69 Å². The summed E-state index contributed by atoms with van der Waals surface area (Å²) in [5.74, 6) is 0.0469. The van der Waals surface area contributed by atoms with Crippen LogP contribution in [0.3, 0.4) is 0 Å². The first-order valence-electron chi connectivity index (χ1n) is 4.09. The standard InChI is InChI=1S/C9H9N3O/c13-9(12-5-6-12)2-1-8-7-10-3-4-11-8/h1-4,7H,5-6H2/b2-1+. The molecule has 0 saturated carbocycles. The lowest BCUT2D eigenvalue weighted by Gasteiger charge is -1.92. The van der Waals surface area contributed by atoms with Gasteiger partial charge in [0.1, 0.15) is 0 Å². The van der Waals surface area contributed by atoms with Crippen molar-refractivity contribution in [2.24, 2.45) is 0 Å². The van der Waals surface area contributed by atoms with Gasteiger partial charge in [0.15, 0.2) is 0 Å². The van der Waals surface area contributed by atoms with E-state index < -0.39 is 0 Å². The second kappa shape index (κ2) is 3.35. The molecule has 1 aromatic rings. The van der Waals surface area contributed by atoms with Gasteiger partial charge in [0.05, 0.1) is 11.9 Å². The first kappa shape index (κ1) is 7.91. The molecule has 4 heteroatoms. The van der Waals surface area contributed by atoms with Crippen LogP contribution in [0.2, 0.25) is 0 Å². The third-order valence-corrected chi connectivity index (χ3v) is 1.74. The van der Waals surface area contributed by atoms with Gasteiger partial charge in [-0.1, -0.05) is 0 Å². The second-order valence-electron chi connectivity index (χ2n) is 2.79. The second-order valence-corrected chi connectivity index (χ2v) is 2.79. The van der Waals surface area contributed by atoms with Crippen molar-refractivity contribution < 1.29 is 4.79 Å². The average Bonchev–Trinajstić information content (AvgIpc) is 2.99. The molecule has 1 aromatic heterocycles. The van der Waals surface area contributed by atoms with Crippen molar-refractivity contribution in [2.75, 3.05) is 13.1 Å². The number of aromatic nitrogens is 2. The zero-order valence-corrected chi connectivity index (χ0v) is 7.05. The number of carbonyl (C=O) groups is 1. The van der Waals surface area contributed by atoms with E-state index in [4.69, 9.17) is 0 Å². The minimum atomic E-state index is 0.0469. The van der Waals surface area contributed by atoms with Crippen LogP contribution in [0.4, 0.5) is 0 Å². The lowest BCUT2D eigenvalue weighted by atomic mass is 10.4. The molecule has 4 nitrogen and oxygen atoms in total. The van der Waals surface area contributed by atoms with E-state index in [9.17, 15) is 4.79 Å². The van der Waals surface area contributed by atoms with Gasteiger partial charge in [-0.05, 0) is 6.08 Å². The molecule has 13 heavy (non-hydrogen) atoms. The fourth-order valence-corrected chi connectivity index (χ4v) is 0.929. The normalized spacial score (nSPS) is 14.9. The molecule has 2 rings (SSSR count). The highest BCUT2D eigenvalue weighted by Crippen LogP contribution is 2.05. The molecular weight excluding hydrogens is 166 g/mol. The van der Waals surface area contributed by atoms with Crippen LogP contribution < -0.4 is 0 Å². The van der Waals surface area contributed by atoms with Gasteiger partial charge in [0.25, 0.3) is 0 Å². The molecule has 0 N–H and O–H groups in total. The van der Waals surface area contributed by atoms with Crippen molar-refractivity contribution >= 4 is 12.0 Å². The molecule has 1 fully saturated rings. The molecule has 2 heterocycles. The Hall–Kier alpha value is -1.71. The Morgan fingerprint density at radius 2 is 2.31 bits per heavy atom. The van der Waals surface area contributed by atoms with Gasteiger partial charge in [-0.2, -0.15) is 0 Å². The first-order chi connectivity index (χ1) is 6.36. The van der Waals surface area contributed by atoms with Crippen LogP contribution in [0.5, 0.6) is 0 Å². The highest BCUT2D eigenvalue weighted by atomic mass is 16.2. The van der Waals surface area contributed by atoms with E-state index in [1.54, 1.807) is 29.6 Å². The Bertz CT molecular complexity index is 330. The summed E-state index contributed by atoms with van der Waals surface area (Å²) in [5.41, 5.74) is 0.706. The monoisotopic (exact) mass is 175 g/mol. The summed E-state index contributed by atoms with van der Waals surface area (Å²) >= 11 is 0. The van der Waals surface area contributed by atoms with Crippen molar-refractivity contribution in [1.29, 1.82) is 0 Å². The SMILES string of the molecule is O=C(/C=C/c1cnccn1)N1CC1. The molecule has 0 radical (unpaired) electrons. The van der Waals surface area contributed by atoms with Crippen LogP contribution in [0, 0.1) is 0 Å². The largest absolute Gasteiger partial charge is 0.336 e. The molecular formula is C9H9N3O. The maximum Gasteiger partial charge on any atom is 0.246 e. The van der Waals surface area contributed by atoms with Gasteiger partial charge >= 0.3 is 0 Å². The Balaban J connectivity index is 2.00. The Morgan fingerprint density at radius 3 is 2.92 bits per heavy atom. The zero-order chi connectivity index (χ0) is 9.10. The van der Waals surface area contributed by atoms with Crippen molar-refractivity contribution in [2.45, 2.75) is 0 Å². The van der Waals surface area contributed by atoms with Crippen LogP contribution in [-0.2, 0) is 4.79 Å². The van der Waals surface area contributed by atoms with Crippen LogP contribution in [0.1, 0.15) is 5.69 Å². The zero-order valence-electron chi connectivity index (χ0n) is 7.05. The van der Waals surface area contributed by atoms with Crippen LogP contribution in [0.15, 0.2) is 24.7 Å². The van der Waals surface area contributed by atoms with Crippen LogP contribution in [0.25, 0.3) is 6.08 Å². The van der Waals surface area contributed by atoms with Crippen LogP contribution >= 0.6 is 0 Å². The van der Waals surface area contributed by atoms with Crippen LogP contribution in [-0.4, -0.2) is 33.9 Å². The van der Waals surface area contributed by atoms with Crippen molar-refractivity contribution in [3.63, 3.8) is 0 Å². The van der Waals surface area contributed by atoms with E-state index in [0.717, 1.165) is 13.1 Å². The molecule has 0 spiro atoms. The number of amides is 1. The molecule has 0 atom stereocenters. The summed E-state index contributed by atoms with van der Waals surface area (Å²) in [5, 5.41) is 0. The van der Waals surface area contributed by atoms with Gasteiger partial charge in [-0.3, -0.25) is 14.8 Å². The van der Waals surface area contributed by atoms with Gasteiger partial charge in [0, 0.05) is 31.6 Å². The maximum atomic E-state index is 11.2. The molecule has 66 valence electrons. The van der Waals surface area contributed by atoms with Crippen molar-refractivity contribution in [3.8, 4) is 0 Å². The first-order valence-corrected chi connectivity index (χ1v) is 4.09. The fraction of sp³-hybridized carbons (Fsp3) is 0.222. The minimum Gasteiger partial charge on any atom is -0.336 e. The summed E-state index contributed by atoms with van der Waals surface area (Å²) in [4.78, 5) is 20.8. The third kappa shape index (κ3) is 2.11. The average molecular weight is 175 g/mol. The van der Waals surface area contributed by atoms with E-state index in [1.165, 1.54) is 6.08 Å². The van der Waals surface area contributed by atoms with E-state index in [2.05, 4.69) is 9.97 Å². The molecule has 1 amide bonds. The number of hydrogen-bond acceptors (Lipinski definition) is 3.